The van der Waals surface area contributed by atoms with Gasteiger partial charge in [-0.15, -0.1) is 0 Å². The Bertz CT molecular complexity index is 121. The van der Waals surface area contributed by atoms with E-state index in [9.17, 15) is 0 Å². The first-order valence-electron chi connectivity index (χ1n) is 2.90. The summed E-state index contributed by atoms with van der Waals surface area (Å²) in [6.45, 7) is 1.71. The fourth-order valence-electron chi connectivity index (χ4n) is 0.722. The Kier molecular flexibility index (Phi) is 1.73. The first-order chi connectivity index (χ1) is 4.22. The second-order valence-electron chi connectivity index (χ2n) is 2.15. The van der Waals surface area contributed by atoms with Crippen LogP contribution in [-0.4, -0.2) is 28.5 Å². The molecule has 3 atom stereocenters. The SMILES string of the molecule is C[C@@H]1OC=C[C@H](O)[C@@H]1O. The van der Waals surface area contributed by atoms with E-state index in [1.807, 2.05) is 0 Å². The summed E-state index contributed by atoms with van der Waals surface area (Å²) in [5.74, 6) is 0. The molecule has 0 radical (unpaired) electrons. The molecule has 3 heteroatoms. The van der Waals surface area contributed by atoms with Gasteiger partial charge in [-0.2, -0.15) is 0 Å². The summed E-state index contributed by atoms with van der Waals surface area (Å²) in [6, 6.07) is 0. The van der Waals surface area contributed by atoms with E-state index >= 15 is 0 Å². The van der Waals surface area contributed by atoms with Crippen molar-refractivity contribution in [3.8, 4) is 0 Å². The molecule has 0 saturated carbocycles. The average Bonchev–Trinajstić information content (AvgIpc) is 1.83. The van der Waals surface area contributed by atoms with Crippen molar-refractivity contribution in [3.63, 3.8) is 0 Å². The van der Waals surface area contributed by atoms with Crippen molar-refractivity contribution in [2.24, 2.45) is 0 Å². The molecule has 52 valence electrons. The minimum atomic E-state index is -0.782. The molecule has 0 saturated heterocycles. The summed E-state index contributed by atoms with van der Waals surface area (Å²) >= 11 is 0. The molecule has 0 amide bonds. The van der Waals surface area contributed by atoms with Gasteiger partial charge < -0.3 is 14.9 Å². The van der Waals surface area contributed by atoms with Crippen LogP contribution < -0.4 is 0 Å². The maximum atomic E-state index is 9.02. The zero-order chi connectivity index (χ0) is 6.85. The zero-order valence-electron chi connectivity index (χ0n) is 5.19. The van der Waals surface area contributed by atoms with Crippen molar-refractivity contribution >= 4 is 0 Å². The third-order valence-corrected chi connectivity index (χ3v) is 1.40. The van der Waals surface area contributed by atoms with Gasteiger partial charge in [-0.05, 0) is 13.0 Å². The van der Waals surface area contributed by atoms with Crippen LogP contribution in [0, 0.1) is 0 Å². The highest BCUT2D eigenvalue weighted by molar-refractivity contribution is 4.95. The van der Waals surface area contributed by atoms with Gasteiger partial charge in [-0.25, -0.2) is 0 Å². The molecule has 9 heavy (non-hydrogen) atoms. The lowest BCUT2D eigenvalue weighted by atomic mass is 10.1. The molecular formula is C6H10O3. The number of rotatable bonds is 0. The monoisotopic (exact) mass is 130 g/mol. The second-order valence-corrected chi connectivity index (χ2v) is 2.15. The molecular weight excluding hydrogens is 120 g/mol. The van der Waals surface area contributed by atoms with Crippen LogP contribution in [0.25, 0.3) is 0 Å². The number of aliphatic hydroxyl groups excluding tert-OH is 2. The Labute approximate surface area is 53.6 Å². The molecule has 0 aliphatic carbocycles. The predicted octanol–water partition coefficient (Wildman–Crippen LogP) is -0.359. The lowest BCUT2D eigenvalue weighted by molar-refractivity contribution is -0.0543. The molecule has 0 aromatic rings. The van der Waals surface area contributed by atoms with E-state index in [-0.39, 0.29) is 6.10 Å². The van der Waals surface area contributed by atoms with Gasteiger partial charge in [-0.3, -0.25) is 0 Å². The summed E-state index contributed by atoms with van der Waals surface area (Å²) in [7, 11) is 0. The van der Waals surface area contributed by atoms with Crippen LogP contribution >= 0.6 is 0 Å². The normalized spacial score (nSPS) is 42.3. The summed E-state index contributed by atoms with van der Waals surface area (Å²) in [5.41, 5.74) is 0. The molecule has 0 fully saturated rings. The topological polar surface area (TPSA) is 49.7 Å². The van der Waals surface area contributed by atoms with Crippen LogP contribution in [0.3, 0.4) is 0 Å². The van der Waals surface area contributed by atoms with E-state index in [1.165, 1.54) is 12.3 Å². The molecule has 0 bridgehead atoms. The highest BCUT2D eigenvalue weighted by atomic mass is 16.5. The van der Waals surface area contributed by atoms with Gasteiger partial charge in [0.1, 0.15) is 18.3 Å². The van der Waals surface area contributed by atoms with Crippen LogP contribution in [0.1, 0.15) is 6.92 Å². The van der Waals surface area contributed by atoms with Gasteiger partial charge in [0.05, 0.1) is 6.26 Å². The van der Waals surface area contributed by atoms with Crippen molar-refractivity contribution in [2.75, 3.05) is 0 Å². The fraction of sp³-hybridized carbons (Fsp3) is 0.667. The lowest BCUT2D eigenvalue weighted by Crippen LogP contribution is -2.37. The predicted molar refractivity (Wildman–Crippen MR) is 31.7 cm³/mol. The first kappa shape index (κ1) is 6.58. The number of ether oxygens (including phenoxy) is 1. The standard InChI is InChI=1S/C6H10O3/c1-4-6(8)5(7)2-3-9-4/h2-8H,1H3/t4-,5-,6+/m0/s1. The molecule has 1 rings (SSSR count). The van der Waals surface area contributed by atoms with E-state index in [0.717, 1.165) is 0 Å². The third-order valence-electron chi connectivity index (χ3n) is 1.40. The largest absolute Gasteiger partial charge is 0.496 e. The maximum absolute atomic E-state index is 9.02. The van der Waals surface area contributed by atoms with E-state index < -0.39 is 12.2 Å². The quantitative estimate of drug-likeness (QED) is 0.471. The Morgan fingerprint density at radius 1 is 1.44 bits per heavy atom. The fourth-order valence-corrected chi connectivity index (χ4v) is 0.722. The molecule has 1 aliphatic rings. The summed E-state index contributed by atoms with van der Waals surface area (Å²) < 4.78 is 4.87. The number of hydrogen-bond donors (Lipinski definition) is 2. The second kappa shape index (κ2) is 2.37. The molecule has 0 aromatic heterocycles. The third kappa shape index (κ3) is 1.23. The summed E-state index contributed by atoms with van der Waals surface area (Å²) in [5, 5.41) is 18.0. The number of aliphatic hydroxyl groups is 2. The van der Waals surface area contributed by atoms with Crippen LogP contribution in [0.2, 0.25) is 0 Å². The van der Waals surface area contributed by atoms with E-state index in [0.29, 0.717) is 0 Å². The summed E-state index contributed by atoms with van der Waals surface area (Å²) in [6.07, 6.45) is 0.973. The van der Waals surface area contributed by atoms with Crippen molar-refractivity contribution in [3.05, 3.63) is 12.3 Å². The molecule has 0 aromatic carbocycles. The lowest BCUT2D eigenvalue weighted by Gasteiger charge is -2.24. The van der Waals surface area contributed by atoms with Gasteiger partial charge in [0.25, 0.3) is 0 Å². The van der Waals surface area contributed by atoms with Crippen molar-refractivity contribution in [1.29, 1.82) is 0 Å². The Morgan fingerprint density at radius 3 is 2.56 bits per heavy atom. The van der Waals surface area contributed by atoms with Crippen molar-refractivity contribution in [2.45, 2.75) is 25.2 Å². The van der Waals surface area contributed by atoms with E-state index in [1.54, 1.807) is 6.92 Å². The van der Waals surface area contributed by atoms with E-state index in [2.05, 4.69) is 0 Å². The van der Waals surface area contributed by atoms with Crippen LogP contribution in [-0.2, 0) is 4.74 Å². The van der Waals surface area contributed by atoms with Crippen LogP contribution in [0.15, 0.2) is 12.3 Å². The Hall–Kier alpha value is -0.540. The van der Waals surface area contributed by atoms with Gasteiger partial charge in [0.15, 0.2) is 0 Å². The van der Waals surface area contributed by atoms with Crippen molar-refractivity contribution in [1.82, 2.24) is 0 Å². The highest BCUT2D eigenvalue weighted by Crippen LogP contribution is 2.10. The number of hydrogen-bond acceptors (Lipinski definition) is 3. The highest BCUT2D eigenvalue weighted by Gasteiger charge is 2.24. The summed E-state index contributed by atoms with van der Waals surface area (Å²) in [4.78, 5) is 0. The average molecular weight is 130 g/mol. The maximum Gasteiger partial charge on any atom is 0.124 e. The molecule has 2 N–H and O–H groups in total. The van der Waals surface area contributed by atoms with Crippen molar-refractivity contribution < 1.29 is 14.9 Å². The molecule has 1 heterocycles. The smallest absolute Gasteiger partial charge is 0.124 e. The van der Waals surface area contributed by atoms with Crippen LogP contribution in [0.4, 0.5) is 0 Å². The van der Waals surface area contributed by atoms with Gasteiger partial charge in [0, 0.05) is 0 Å². The minimum Gasteiger partial charge on any atom is -0.496 e. The molecule has 1 aliphatic heterocycles. The first-order valence-corrected chi connectivity index (χ1v) is 2.90. The van der Waals surface area contributed by atoms with Crippen LogP contribution in [0.5, 0.6) is 0 Å². The Morgan fingerprint density at radius 2 is 2.11 bits per heavy atom. The Balaban J connectivity index is 2.58. The van der Waals surface area contributed by atoms with Gasteiger partial charge in [-0.1, -0.05) is 0 Å². The van der Waals surface area contributed by atoms with Gasteiger partial charge >= 0.3 is 0 Å². The molecule has 0 spiro atoms. The zero-order valence-corrected chi connectivity index (χ0v) is 5.19. The minimum absolute atomic E-state index is 0.301. The molecule has 3 nitrogen and oxygen atoms in total. The molecule has 0 unspecified atom stereocenters. The van der Waals surface area contributed by atoms with E-state index in [4.69, 9.17) is 14.9 Å². The van der Waals surface area contributed by atoms with Gasteiger partial charge in [0.2, 0.25) is 0 Å².